The molecule has 5 rings (SSSR count). The van der Waals surface area contributed by atoms with Crippen molar-refractivity contribution >= 4 is 34.2 Å². The number of para-hydroxylation sites is 2. The summed E-state index contributed by atoms with van der Waals surface area (Å²) in [4.78, 5) is 20.8. The van der Waals surface area contributed by atoms with Crippen LogP contribution in [-0.4, -0.2) is 15.9 Å². The summed E-state index contributed by atoms with van der Waals surface area (Å²) in [6.07, 6.45) is 0. The Labute approximate surface area is 195 Å². The number of nitrogens with one attached hydrogen (secondary N) is 2. The minimum atomic E-state index is -0.296. The third-order valence-electron chi connectivity index (χ3n) is 5.50. The minimum Gasteiger partial charge on any atom is -0.338 e. The van der Waals surface area contributed by atoms with Crippen molar-refractivity contribution in [3.05, 3.63) is 107 Å². The lowest BCUT2D eigenvalue weighted by Gasteiger charge is -2.11. The summed E-state index contributed by atoms with van der Waals surface area (Å²) in [6, 6.07) is 24.9. The predicted molar refractivity (Wildman–Crippen MR) is 131 cm³/mol. The van der Waals surface area contributed by atoms with E-state index in [1.165, 1.54) is 12.1 Å². The van der Waals surface area contributed by atoms with Crippen molar-refractivity contribution in [2.45, 2.75) is 6.92 Å². The smallest absolute Gasteiger partial charge is 0.255 e. The molecular weight excluding hydrogens is 437 g/mol. The van der Waals surface area contributed by atoms with E-state index in [1.54, 1.807) is 30.3 Å². The summed E-state index contributed by atoms with van der Waals surface area (Å²) in [7, 11) is 0. The van der Waals surface area contributed by atoms with Crippen molar-refractivity contribution in [3.8, 4) is 22.5 Å². The molecule has 6 heteroatoms. The van der Waals surface area contributed by atoms with Gasteiger partial charge in [0.1, 0.15) is 11.6 Å². The number of rotatable bonds is 4. The normalized spacial score (nSPS) is 11.0. The molecule has 0 spiro atoms. The maximum Gasteiger partial charge on any atom is 0.255 e. The number of aromatic amines is 1. The fraction of sp³-hybridized carbons (Fsp3) is 0.0370. The fourth-order valence-electron chi connectivity index (χ4n) is 3.83. The molecule has 1 heterocycles. The van der Waals surface area contributed by atoms with Crippen LogP contribution in [-0.2, 0) is 0 Å². The number of aryl methyl sites for hydroxylation is 1. The molecule has 4 nitrogen and oxygen atoms in total. The maximum absolute atomic E-state index is 13.6. The molecule has 0 aliphatic rings. The Bertz CT molecular complexity index is 1480. The first-order chi connectivity index (χ1) is 16.0. The van der Waals surface area contributed by atoms with Gasteiger partial charge in [-0.15, -0.1) is 0 Å². The first kappa shape index (κ1) is 20.9. The zero-order valence-corrected chi connectivity index (χ0v) is 18.5. The summed E-state index contributed by atoms with van der Waals surface area (Å²) in [6.45, 7) is 1.86. The van der Waals surface area contributed by atoms with E-state index in [0.717, 1.165) is 27.7 Å². The highest BCUT2D eigenvalue weighted by Gasteiger charge is 2.14. The molecule has 0 radical (unpaired) electrons. The topological polar surface area (TPSA) is 57.8 Å². The van der Waals surface area contributed by atoms with Gasteiger partial charge >= 0.3 is 0 Å². The van der Waals surface area contributed by atoms with Crippen molar-refractivity contribution < 1.29 is 9.18 Å². The minimum absolute atomic E-state index is 0.240. The quantitative estimate of drug-likeness (QED) is 0.300. The van der Waals surface area contributed by atoms with Crippen LogP contribution in [0.3, 0.4) is 0 Å². The Kier molecular flexibility index (Phi) is 5.40. The number of amides is 1. The molecule has 2 N–H and O–H groups in total. The largest absolute Gasteiger partial charge is 0.338 e. The number of aromatic nitrogens is 2. The molecule has 0 atom stereocenters. The monoisotopic (exact) mass is 455 g/mol. The van der Waals surface area contributed by atoms with Crippen LogP contribution in [0.15, 0.2) is 84.9 Å². The van der Waals surface area contributed by atoms with Gasteiger partial charge in [0.25, 0.3) is 5.91 Å². The highest BCUT2D eigenvalue weighted by molar-refractivity contribution is 6.33. The van der Waals surface area contributed by atoms with E-state index in [-0.39, 0.29) is 11.7 Å². The predicted octanol–water partition coefficient (Wildman–Crippen LogP) is 7.25. The Morgan fingerprint density at radius 3 is 2.55 bits per heavy atom. The lowest BCUT2D eigenvalue weighted by Crippen LogP contribution is -2.13. The van der Waals surface area contributed by atoms with Gasteiger partial charge in [-0.3, -0.25) is 4.79 Å². The third-order valence-corrected chi connectivity index (χ3v) is 5.83. The van der Waals surface area contributed by atoms with E-state index in [4.69, 9.17) is 11.6 Å². The van der Waals surface area contributed by atoms with Gasteiger partial charge in [-0.2, -0.15) is 0 Å². The van der Waals surface area contributed by atoms with Gasteiger partial charge in [-0.1, -0.05) is 48.0 Å². The van der Waals surface area contributed by atoms with Gasteiger partial charge in [0, 0.05) is 16.8 Å². The van der Waals surface area contributed by atoms with Crippen LogP contribution >= 0.6 is 11.6 Å². The molecule has 1 amide bonds. The molecule has 0 saturated heterocycles. The second-order valence-corrected chi connectivity index (χ2v) is 8.20. The molecule has 0 saturated carbocycles. The van der Waals surface area contributed by atoms with E-state index in [2.05, 4.69) is 15.3 Å². The van der Waals surface area contributed by atoms with E-state index < -0.39 is 0 Å². The van der Waals surface area contributed by atoms with Gasteiger partial charge < -0.3 is 10.3 Å². The SMILES string of the molecule is Cc1cc(-c2cccc(F)c2)ccc1C(=O)Nc1ccc(Cl)c(-c2nc3ccccc3[nH]2)c1. The summed E-state index contributed by atoms with van der Waals surface area (Å²) in [5.74, 6) is 0.0964. The van der Waals surface area contributed by atoms with Gasteiger partial charge in [0.2, 0.25) is 0 Å². The fourth-order valence-corrected chi connectivity index (χ4v) is 4.04. The molecule has 0 unspecified atom stereocenters. The van der Waals surface area contributed by atoms with Crippen LogP contribution < -0.4 is 5.32 Å². The number of nitrogens with zero attached hydrogens (tertiary/aromatic N) is 1. The van der Waals surface area contributed by atoms with E-state index in [1.807, 2.05) is 49.4 Å². The number of halogens is 2. The Morgan fingerprint density at radius 1 is 0.939 bits per heavy atom. The molecule has 0 aliphatic heterocycles. The number of hydrogen-bond acceptors (Lipinski definition) is 2. The lowest BCUT2D eigenvalue weighted by molar-refractivity contribution is 0.102. The molecule has 0 aliphatic carbocycles. The van der Waals surface area contributed by atoms with Crippen LogP contribution in [0.5, 0.6) is 0 Å². The Balaban J connectivity index is 1.41. The highest BCUT2D eigenvalue weighted by Crippen LogP contribution is 2.31. The third kappa shape index (κ3) is 4.23. The van der Waals surface area contributed by atoms with Gasteiger partial charge in [0.05, 0.1) is 16.1 Å². The number of anilines is 1. The Morgan fingerprint density at radius 2 is 1.76 bits per heavy atom. The van der Waals surface area contributed by atoms with E-state index in [0.29, 0.717) is 27.7 Å². The Hall–Kier alpha value is -3.96. The molecule has 0 bridgehead atoms. The summed E-state index contributed by atoms with van der Waals surface area (Å²) in [5.41, 5.74) is 5.99. The van der Waals surface area contributed by atoms with Crippen LogP contribution in [0.4, 0.5) is 10.1 Å². The first-order valence-electron chi connectivity index (χ1n) is 10.4. The van der Waals surface area contributed by atoms with E-state index in [9.17, 15) is 9.18 Å². The average Bonchev–Trinajstić information content (AvgIpc) is 3.24. The van der Waals surface area contributed by atoms with E-state index >= 15 is 0 Å². The molecule has 0 fully saturated rings. The zero-order chi connectivity index (χ0) is 22.9. The van der Waals surface area contributed by atoms with Gasteiger partial charge in [-0.05, 0) is 72.1 Å². The summed E-state index contributed by atoms with van der Waals surface area (Å²) < 4.78 is 13.6. The summed E-state index contributed by atoms with van der Waals surface area (Å²) in [5, 5.41) is 3.47. The number of imidazole rings is 1. The van der Waals surface area contributed by atoms with Crippen molar-refractivity contribution in [1.29, 1.82) is 0 Å². The number of hydrogen-bond donors (Lipinski definition) is 2. The zero-order valence-electron chi connectivity index (χ0n) is 17.7. The average molecular weight is 456 g/mol. The number of H-pyrrole nitrogens is 1. The van der Waals surface area contributed by atoms with Crippen LogP contribution in [0.1, 0.15) is 15.9 Å². The lowest BCUT2D eigenvalue weighted by atomic mass is 9.99. The van der Waals surface area contributed by atoms with Crippen LogP contribution in [0.2, 0.25) is 5.02 Å². The van der Waals surface area contributed by atoms with Crippen LogP contribution in [0.25, 0.3) is 33.5 Å². The van der Waals surface area contributed by atoms with Crippen molar-refractivity contribution in [3.63, 3.8) is 0 Å². The van der Waals surface area contributed by atoms with Crippen LogP contribution in [0, 0.1) is 12.7 Å². The molecule has 4 aromatic carbocycles. The molecular formula is C27H19ClFN3O. The van der Waals surface area contributed by atoms with Crippen molar-refractivity contribution in [2.24, 2.45) is 0 Å². The first-order valence-corrected chi connectivity index (χ1v) is 10.8. The molecule has 5 aromatic rings. The molecule has 1 aromatic heterocycles. The standard InChI is InChI=1S/C27H19ClFN3O/c1-16-13-18(17-5-4-6-19(29)14-17)9-11-21(16)27(33)30-20-10-12-23(28)22(15-20)26-31-24-7-2-3-8-25(24)32-26/h2-15H,1H3,(H,30,33)(H,31,32). The molecule has 162 valence electrons. The van der Waals surface area contributed by atoms with Crippen molar-refractivity contribution in [1.82, 2.24) is 9.97 Å². The number of fused-ring (bicyclic) bond motifs is 1. The van der Waals surface area contributed by atoms with Crippen molar-refractivity contribution in [2.75, 3.05) is 5.32 Å². The second-order valence-electron chi connectivity index (χ2n) is 7.79. The molecule has 33 heavy (non-hydrogen) atoms. The second kappa shape index (κ2) is 8.52. The maximum atomic E-state index is 13.6. The summed E-state index contributed by atoms with van der Waals surface area (Å²) >= 11 is 6.42. The van der Waals surface area contributed by atoms with Gasteiger partial charge in [-0.25, -0.2) is 9.37 Å². The number of carbonyl (C=O) groups excluding carboxylic acids is 1. The highest BCUT2D eigenvalue weighted by atomic mass is 35.5. The van der Waals surface area contributed by atoms with Gasteiger partial charge in [0.15, 0.2) is 0 Å². The number of carbonyl (C=O) groups is 1. The number of benzene rings is 4.